The van der Waals surface area contributed by atoms with Crippen LogP contribution in [0.1, 0.15) is 105 Å². The molecular weight excluding hydrogens is 1460 g/mol. The van der Waals surface area contributed by atoms with Crippen LogP contribution < -0.4 is 0 Å². The number of para-hydroxylation sites is 1. The quantitative estimate of drug-likeness (QED) is 0.125. The monoisotopic (exact) mass is 1560 g/mol. The van der Waals surface area contributed by atoms with E-state index in [9.17, 15) is 17.6 Å². The summed E-state index contributed by atoms with van der Waals surface area (Å²) in [6.07, 6.45) is 37.0. The van der Waals surface area contributed by atoms with E-state index in [0.29, 0.717) is 0 Å². The lowest BCUT2D eigenvalue weighted by Gasteiger charge is -2.38. The lowest BCUT2D eigenvalue weighted by atomic mass is 9.98. The average Bonchev–Trinajstić information content (AvgIpc) is 1.64. The topological polar surface area (TPSA) is 79.5 Å². The number of fused-ring (bicyclic) bond motifs is 15. The summed E-state index contributed by atoms with van der Waals surface area (Å²) >= 11 is 0. The van der Waals surface area contributed by atoms with Crippen LogP contribution in [0.2, 0.25) is 0 Å². The van der Waals surface area contributed by atoms with E-state index >= 15 is 0 Å². The Balaban J connectivity index is 0.000000110. The van der Waals surface area contributed by atoms with Gasteiger partial charge in [0, 0.05) is 227 Å². The first-order valence-corrected chi connectivity index (χ1v) is 40.5. The van der Waals surface area contributed by atoms with Crippen molar-refractivity contribution in [2.24, 2.45) is 0 Å². The van der Waals surface area contributed by atoms with E-state index in [2.05, 4.69) is 221 Å². The average molecular weight is 1560 g/mol. The van der Waals surface area contributed by atoms with E-state index in [1.54, 1.807) is 55.0 Å². The van der Waals surface area contributed by atoms with E-state index in [0.717, 1.165) is 169 Å². The molecule has 117 heavy (non-hydrogen) atoms. The van der Waals surface area contributed by atoms with Gasteiger partial charge in [-0.3, -0.25) is 19.9 Å². The van der Waals surface area contributed by atoms with Gasteiger partial charge in [0.25, 0.3) is 0 Å². The molecule has 15 aromatic rings. The zero-order chi connectivity index (χ0) is 80.7. The van der Waals surface area contributed by atoms with Gasteiger partial charge in [0.15, 0.2) is 0 Å². The minimum Gasteiger partial charge on any atom is -0.320 e. The maximum absolute atomic E-state index is 13.7. The van der Waals surface area contributed by atoms with Gasteiger partial charge in [0.2, 0.25) is 0 Å². The molecule has 17 heteroatoms. The molecule has 0 spiro atoms. The predicted molar refractivity (Wildman–Crippen MR) is 475 cm³/mol. The second-order valence-corrected chi connectivity index (χ2v) is 32.2. The Morgan fingerprint density at radius 2 is 0.573 bits per heavy atom. The van der Waals surface area contributed by atoms with Crippen molar-refractivity contribution in [3.8, 4) is 0 Å². The number of nitrogens with zero attached hydrogens (tertiary/aromatic N) is 13. The zero-order valence-corrected chi connectivity index (χ0v) is 67.6. The van der Waals surface area contributed by atoms with Crippen molar-refractivity contribution in [2.45, 2.75) is 91.1 Å². The van der Waals surface area contributed by atoms with Gasteiger partial charge in [-0.05, 0) is 238 Å². The van der Waals surface area contributed by atoms with Gasteiger partial charge in [-0.25, -0.2) is 17.6 Å². The van der Waals surface area contributed by atoms with Crippen molar-refractivity contribution < 1.29 is 17.6 Å². The fourth-order valence-corrected chi connectivity index (χ4v) is 17.1. The molecule has 13 nitrogen and oxygen atoms in total. The summed E-state index contributed by atoms with van der Waals surface area (Å²) in [6, 6.07) is 61.6. The van der Waals surface area contributed by atoms with Crippen molar-refractivity contribution in [2.75, 3.05) is 60.9 Å². The zero-order valence-electron chi connectivity index (χ0n) is 67.6. The molecule has 0 unspecified atom stereocenters. The van der Waals surface area contributed by atoms with Crippen molar-refractivity contribution in [3.63, 3.8) is 0 Å². The highest BCUT2D eigenvalue weighted by Crippen LogP contribution is 2.38. The molecule has 0 atom stereocenters. The van der Waals surface area contributed by atoms with Crippen molar-refractivity contribution in [1.29, 1.82) is 0 Å². The van der Waals surface area contributed by atoms with Crippen molar-refractivity contribution in [3.05, 3.63) is 339 Å². The van der Waals surface area contributed by atoms with Crippen LogP contribution in [-0.2, 0) is 64.8 Å². The van der Waals surface area contributed by atoms with Crippen LogP contribution in [0.25, 0.3) is 116 Å². The lowest BCUT2D eigenvalue weighted by Crippen LogP contribution is -2.44. The van der Waals surface area contributed by atoms with Crippen LogP contribution >= 0.6 is 0 Å². The Labute approximate surface area is 682 Å². The number of likely N-dealkylation sites (N-methyl/N-ethyl adjacent to an activating group) is 4. The minimum absolute atomic E-state index is 0.169. The number of benzene rings is 7. The number of pyridine rings is 3. The highest BCUT2D eigenvalue weighted by Gasteiger charge is 2.31. The molecule has 0 saturated carbocycles. The molecule has 0 N–H and O–H groups in total. The molecule has 13 heterocycles. The van der Waals surface area contributed by atoms with Gasteiger partial charge in [-0.1, -0.05) is 91.0 Å². The van der Waals surface area contributed by atoms with Gasteiger partial charge in [-0.15, -0.1) is 0 Å². The number of aromatic nitrogens is 8. The van der Waals surface area contributed by atoms with Crippen LogP contribution in [0.3, 0.4) is 0 Å². The fraction of sp³-hybridized carbons (Fsp3) is 0.230. The Morgan fingerprint density at radius 1 is 0.282 bits per heavy atom. The smallest absolute Gasteiger partial charge is 0.123 e. The maximum atomic E-state index is 13.7. The maximum Gasteiger partial charge on any atom is 0.123 e. The summed E-state index contributed by atoms with van der Waals surface area (Å²) in [5.41, 5.74) is 24.5. The molecule has 0 saturated heterocycles. The van der Waals surface area contributed by atoms with Crippen LogP contribution in [0.5, 0.6) is 0 Å². The number of halogens is 4. The standard InChI is InChI=1S/C22H25N3.2C20H19FN2.2C19H18FN3/c1-22(2,3)24-13-11-21-19(16-24)18-8-4-5-9-20(18)25(21)14-10-17-7-6-12-23-15-17;2*1-22-11-10-20-18(14-22)17-13-16(21)7-8-19(17)23(20)12-9-15-5-3-2-4-6-15;1-22-10-7-19-17(13-22)16-12-15(20)2-3-18(16)23(19)11-6-14-4-8-21-9-5-14;1-22-9-7-19-17(13-22)16-11-15(20)4-5-18(16)23(19)10-6-14-3-2-8-21-12-14/h4-10,12,14-15H,11,13,16H2,1-3H3;2*2-9,12-13H,10-11,14H2,1H3;2-6,8-9,11-12H,7,10,13H2,1H3;2-6,8,10-12H,7,9,13H2,1H3/b14-10-;12-9+;12-9-;11-6+;10-6-. The summed E-state index contributed by atoms with van der Waals surface area (Å²) in [5, 5.41) is 5.48. The summed E-state index contributed by atoms with van der Waals surface area (Å²) in [6.45, 7) is 16.6. The van der Waals surface area contributed by atoms with Gasteiger partial charge in [0.1, 0.15) is 23.3 Å². The van der Waals surface area contributed by atoms with E-state index in [1.165, 1.54) is 79.3 Å². The van der Waals surface area contributed by atoms with Crippen LogP contribution in [-0.4, -0.2) is 129 Å². The minimum atomic E-state index is -0.179. The Bertz CT molecular complexity index is 5580. The molecule has 592 valence electrons. The van der Waals surface area contributed by atoms with E-state index < -0.39 is 0 Å². The SMILES string of the molecule is CC(C)(C)N1CCc2c(c3ccccc3n2/C=C\c2cccnc2)C1.CN1CCc2c(c3cc(F)ccc3n2/C=C/c2ccccc2)C1.CN1CCc2c(c3cc(F)ccc3n2/C=C/c2ccncc2)C1.CN1CCc2c(c3cc(F)ccc3n2/C=C\c2ccccc2)C1.CN1CCc2c(c3cc(F)ccc3n2/C=C\c2cccnc2)C1. The van der Waals surface area contributed by atoms with Crippen LogP contribution in [0.4, 0.5) is 17.6 Å². The lowest BCUT2D eigenvalue weighted by molar-refractivity contribution is 0.120. The second-order valence-electron chi connectivity index (χ2n) is 32.2. The first-order valence-electron chi connectivity index (χ1n) is 40.5. The molecule has 0 aliphatic carbocycles. The molecule has 20 rings (SSSR count). The van der Waals surface area contributed by atoms with Crippen molar-refractivity contribution in [1.82, 2.24) is 62.3 Å². The molecule has 0 radical (unpaired) electrons. The molecule has 7 aromatic carbocycles. The van der Waals surface area contributed by atoms with E-state index in [-0.39, 0.29) is 28.8 Å². The van der Waals surface area contributed by atoms with Gasteiger partial charge in [-0.2, -0.15) is 0 Å². The van der Waals surface area contributed by atoms with Gasteiger partial charge in [0.05, 0.1) is 27.6 Å². The number of hydrogen-bond donors (Lipinski definition) is 0. The third kappa shape index (κ3) is 17.7. The van der Waals surface area contributed by atoms with Crippen LogP contribution in [0.15, 0.2) is 231 Å². The molecular formula is C100H99F4N13. The Kier molecular flexibility index (Phi) is 23.7. The largest absolute Gasteiger partial charge is 0.320 e. The van der Waals surface area contributed by atoms with Crippen molar-refractivity contribution >= 4 is 116 Å². The molecule has 0 bridgehead atoms. The molecule has 5 aliphatic rings. The first kappa shape index (κ1) is 78.8. The highest BCUT2D eigenvalue weighted by atomic mass is 19.1. The fourth-order valence-electron chi connectivity index (χ4n) is 17.1. The third-order valence-electron chi connectivity index (χ3n) is 23.2. The third-order valence-corrected chi connectivity index (χ3v) is 23.2. The molecule has 0 fully saturated rings. The highest BCUT2D eigenvalue weighted by molar-refractivity contribution is 5.93. The summed E-state index contributed by atoms with van der Waals surface area (Å²) in [4.78, 5) is 24.1. The second kappa shape index (κ2) is 35.2. The molecule has 8 aromatic heterocycles. The summed E-state index contributed by atoms with van der Waals surface area (Å²) in [5.74, 6) is -0.693. The number of rotatable bonds is 10. The molecule has 5 aliphatic heterocycles. The van der Waals surface area contributed by atoms with Crippen LogP contribution in [0, 0.1) is 23.3 Å². The molecule has 0 amide bonds. The predicted octanol–water partition coefficient (Wildman–Crippen LogP) is 21.2. The van der Waals surface area contributed by atoms with Gasteiger partial charge >= 0.3 is 0 Å². The van der Waals surface area contributed by atoms with E-state index in [1.807, 2.05) is 116 Å². The van der Waals surface area contributed by atoms with Gasteiger partial charge < -0.3 is 42.4 Å². The Morgan fingerprint density at radius 3 is 0.906 bits per heavy atom. The summed E-state index contributed by atoms with van der Waals surface area (Å²) < 4.78 is 66.1. The first-order chi connectivity index (χ1) is 56.9. The number of hydrogen-bond acceptors (Lipinski definition) is 8. The van der Waals surface area contributed by atoms with E-state index in [4.69, 9.17) is 0 Å². The summed E-state index contributed by atoms with van der Waals surface area (Å²) in [7, 11) is 8.45. The Hall–Kier alpha value is -12.1. The normalized spacial score (nSPS) is 15.5.